The molecule has 0 unspecified atom stereocenters. The Morgan fingerprint density at radius 2 is 1.81 bits per heavy atom. The summed E-state index contributed by atoms with van der Waals surface area (Å²) in [4.78, 5) is 29.7. The van der Waals surface area contributed by atoms with E-state index in [-0.39, 0.29) is 21.9 Å². The normalized spacial score (nSPS) is 30.0. The maximum absolute atomic E-state index is 13.5. The molecule has 0 saturated carbocycles. The molecule has 202 valence electrons. The van der Waals surface area contributed by atoms with Crippen LogP contribution in [0, 0.1) is 12.8 Å². The second-order valence-electron chi connectivity index (χ2n) is 12.2. The Morgan fingerprint density at radius 3 is 2.33 bits per heavy atom. The third-order valence-electron chi connectivity index (χ3n) is 8.03. The Labute approximate surface area is 213 Å². The lowest BCUT2D eigenvalue weighted by atomic mass is 9.90. The monoisotopic (exact) mass is 541 g/mol. The van der Waals surface area contributed by atoms with Crippen LogP contribution in [0.2, 0.25) is 18.1 Å². The Balaban J connectivity index is 2.01. The van der Waals surface area contributed by atoms with E-state index >= 15 is 0 Å². The summed E-state index contributed by atoms with van der Waals surface area (Å²) in [7, 11) is -6.62. The zero-order chi connectivity index (χ0) is 27.2. The lowest BCUT2D eigenvalue weighted by molar-refractivity contribution is -0.0442. The number of nitrogens with one attached hydrogen (secondary N) is 1. The number of likely N-dealkylation sites (tertiary alicyclic amines) is 1. The summed E-state index contributed by atoms with van der Waals surface area (Å²) < 4.78 is 47.9. The fraction of sp³-hybridized carbons (Fsp3) is 0.750. The third kappa shape index (κ3) is 3.87. The van der Waals surface area contributed by atoms with Crippen LogP contribution in [0.25, 0.3) is 0 Å². The molecule has 3 aliphatic rings. The van der Waals surface area contributed by atoms with Crippen LogP contribution < -0.4 is 11.2 Å². The van der Waals surface area contributed by atoms with Gasteiger partial charge in [-0.3, -0.25) is 14.3 Å². The van der Waals surface area contributed by atoms with Crippen molar-refractivity contribution < 1.29 is 21.8 Å². The molecule has 3 aliphatic heterocycles. The standard InChI is InChI=1S/C24H39N3O7SSi/c1-13(2)17-18-24(34-35(17,30)31)16(12-26(18)14(3)4)32-21(19(24)33-36(9,10)23(6,7)8)27-11-15(5)20(28)25-22(27)29/h11,13-14,16,19,21H,12H2,1-10H3,(H,25,28,29)/t16-,19+,21-,24+/m1/s1. The minimum absolute atomic E-state index is 0.0123. The minimum Gasteiger partial charge on any atom is -0.406 e. The van der Waals surface area contributed by atoms with Gasteiger partial charge in [-0.25, -0.2) is 8.98 Å². The molecule has 4 rings (SSSR count). The van der Waals surface area contributed by atoms with Gasteiger partial charge in [-0.15, -0.1) is 0 Å². The van der Waals surface area contributed by atoms with Gasteiger partial charge in [0, 0.05) is 24.3 Å². The highest BCUT2D eigenvalue weighted by molar-refractivity contribution is 7.91. The van der Waals surface area contributed by atoms with E-state index in [0.29, 0.717) is 17.8 Å². The quantitative estimate of drug-likeness (QED) is 0.446. The van der Waals surface area contributed by atoms with Crippen LogP contribution in [0.1, 0.15) is 60.3 Å². The van der Waals surface area contributed by atoms with Crippen molar-refractivity contribution in [2.24, 2.45) is 5.92 Å². The fourth-order valence-corrected chi connectivity index (χ4v) is 8.28. The van der Waals surface area contributed by atoms with Gasteiger partial charge in [-0.1, -0.05) is 34.6 Å². The van der Waals surface area contributed by atoms with E-state index in [9.17, 15) is 18.0 Å². The van der Waals surface area contributed by atoms with Crippen molar-refractivity contribution in [1.82, 2.24) is 14.5 Å². The first-order valence-electron chi connectivity index (χ1n) is 12.5. The third-order valence-corrected chi connectivity index (χ3v) is 14.2. The summed E-state index contributed by atoms with van der Waals surface area (Å²) in [5, 5.41) is -0.212. The summed E-state index contributed by atoms with van der Waals surface area (Å²) in [6, 6.07) is -0.0123. The van der Waals surface area contributed by atoms with E-state index in [4.69, 9.17) is 13.3 Å². The Hall–Kier alpha value is -1.73. The van der Waals surface area contributed by atoms with Crippen molar-refractivity contribution in [2.75, 3.05) is 6.54 Å². The van der Waals surface area contributed by atoms with E-state index in [1.54, 1.807) is 6.92 Å². The first-order chi connectivity index (χ1) is 16.3. The number of allylic oxidation sites excluding steroid dienone is 1. The van der Waals surface area contributed by atoms with Gasteiger partial charge in [0.25, 0.3) is 15.7 Å². The van der Waals surface area contributed by atoms with Gasteiger partial charge in [-0.05, 0) is 44.8 Å². The molecule has 0 radical (unpaired) electrons. The second-order valence-corrected chi connectivity index (χ2v) is 18.5. The molecule has 0 amide bonds. The van der Waals surface area contributed by atoms with E-state index in [2.05, 4.69) is 38.8 Å². The van der Waals surface area contributed by atoms with Gasteiger partial charge >= 0.3 is 5.69 Å². The zero-order valence-corrected chi connectivity index (χ0v) is 24.6. The molecule has 1 aromatic rings. The summed E-state index contributed by atoms with van der Waals surface area (Å²) in [6.07, 6.45) is -1.17. The molecule has 4 atom stereocenters. The molecular formula is C24H39N3O7SSi. The fourth-order valence-electron chi connectivity index (χ4n) is 5.17. The molecule has 2 saturated heterocycles. The highest BCUT2D eigenvalue weighted by atomic mass is 32.2. The number of rotatable bonds is 5. The van der Waals surface area contributed by atoms with E-state index in [1.807, 2.05) is 32.6 Å². The maximum Gasteiger partial charge on any atom is 0.330 e. The highest BCUT2D eigenvalue weighted by Crippen LogP contribution is 2.59. The molecule has 0 aliphatic carbocycles. The van der Waals surface area contributed by atoms with Gasteiger partial charge in [0.15, 0.2) is 20.1 Å². The van der Waals surface area contributed by atoms with Crippen molar-refractivity contribution in [3.8, 4) is 0 Å². The Bertz CT molecular complexity index is 1320. The van der Waals surface area contributed by atoms with Gasteiger partial charge in [0.2, 0.25) is 0 Å². The summed E-state index contributed by atoms with van der Waals surface area (Å²) in [5.41, 5.74) is -1.67. The van der Waals surface area contributed by atoms with Crippen molar-refractivity contribution in [1.29, 1.82) is 0 Å². The molecule has 0 aromatic carbocycles. The number of hydrogen-bond acceptors (Lipinski definition) is 8. The van der Waals surface area contributed by atoms with E-state index in [0.717, 1.165) is 0 Å². The minimum atomic E-state index is -4.08. The summed E-state index contributed by atoms with van der Waals surface area (Å²) in [6.45, 7) is 20.1. The van der Waals surface area contributed by atoms with Crippen LogP contribution in [0.4, 0.5) is 0 Å². The first-order valence-corrected chi connectivity index (χ1v) is 16.8. The predicted octanol–water partition coefficient (Wildman–Crippen LogP) is 2.82. The molecule has 1 N–H and O–H groups in total. The number of aromatic nitrogens is 2. The number of aromatic amines is 1. The predicted molar refractivity (Wildman–Crippen MR) is 138 cm³/mol. The molecule has 10 nitrogen and oxygen atoms in total. The average Bonchev–Trinajstić information content (AvgIpc) is 3.24. The van der Waals surface area contributed by atoms with Gasteiger partial charge < -0.3 is 14.1 Å². The molecular weight excluding hydrogens is 502 g/mol. The van der Waals surface area contributed by atoms with Crippen LogP contribution in [-0.4, -0.2) is 61.6 Å². The van der Waals surface area contributed by atoms with E-state index < -0.39 is 53.7 Å². The van der Waals surface area contributed by atoms with Crippen LogP contribution in [0.3, 0.4) is 0 Å². The van der Waals surface area contributed by atoms with Gasteiger partial charge in [0.05, 0.1) is 10.6 Å². The molecule has 4 heterocycles. The number of ether oxygens (including phenoxy) is 1. The molecule has 0 bridgehead atoms. The van der Waals surface area contributed by atoms with Crippen LogP contribution >= 0.6 is 0 Å². The lowest BCUT2D eigenvalue weighted by Crippen LogP contribution is -2.56. The lowest BCUT2D eigenvalue weighted by Gasteiger charge is -2.43. The zero-order valence-electron chi connectivity index (χ0n) is 22.8. The average molecular weight is 542 g/mol. The topological polar surface area (TPSA) is 120 Å². The number of aryl methyl sites for hydroxylation is 1. The number of hydrogen-bond donors (Lipinski definition) is 1. The van der Waals surface area contributed by atoms with Crippen molar-refractivity contribution in [3.05, 3.63) is 43.2 Å². The van der Waals surface area contributed by atoms with Crippen LogP contribution in [0.15, 0.2) is 26.4 Å². The summed E-state index contributed by atoms with van der Waals surface area (Å²) >= 11 is 0. The van der Waals surface area contributed by atoms with E-state index in [1.165, 1.54) is 10.8 Å². The number of H-pyrrole nitrogens is 1. The Kier molecular flexibility index (Phi) is 6.36. The molecule has 36 heavy (non-hydrogen) atoms. The second kappa shape index (κ2) is 8.39. The Morgan fingerprint density at radius 1 is 1.19 bits per heavy atom. The largest absolute Gasteiger partial charge is 0.406 e. The molecule has 1 spiro atoms. The first kappa shape index (κ1) is 27.3. The molecule has 2 fully saturated rings. The van der Waals surface area contributed by atoms with Gasteiger partial charge in [0.1, 0.15) is 12.2 Å². The smallest absolute Gasteiger partial charge is 0.330 e. The maximum atomic E-state index is 13.5. The van der Waals surface area contributed by atoms with Crippen molar-refractivity contribution in [2.45, 2.75) is 104 Å². The van der Waals surface area contributed by atoms with Crippen LogP contribution in [-0.2, 0) is 23.5 Å². The molecule has 1 aromatic heterocycles. The summed E-state index contributed by atoms with van der Waals surface area (Å²) in [5.74, 6) is -0.324. The van der Waals surface area contributed by atoms with Gasteiger partial charge in [-0.2, -0.15) is 8.42 Å². The SMILES string of the molecule is Cc1cn([C@@H]2O[C@@H]3CN(C(C)C)C4=C(C(C)C)S(=O)(=O)O[C@]43[C@H]2O[Si](C)(C)C(C)(C)C)c(=O)[nH]c1=O. The molecule has 12 heteroatoms. The van der Waals surface area contributed by atoms with Crippen LogP contribution in [0.5, 0.6) is 0 Å². The van der Waals surface area contributed by atoms with Crippen molar-refractivity contribution in [3.63, 3.8) is 0 Å². The van der Waals surface area contributed by atoms with Crippen molar-refractivity contribution >= 4 is 18.4 Å². The number of nitrogens with zero attached hydrogens (tertiary/aromatic N) is 2. The highest BCUT2D eigenvalue weighted by Gasteiger charge is 2.73.